The first-order valence-corrected chi connectivity index (χ1v) is 10.1. The van der Waals surface area contributed by atoms with Gasteiger partial charge in [0.1, 0.15) is 12.4 Å². The molecule has 7 heteroatoms. The van der Waals surface area contributed by atoms with E-state index in [0.29, 0.717) is 18.9 Å². The maximum Gasteiger partial charge on any atom is 0.246 e. The molecule has 0 aliphatic carbocycles. The van der Waals surface area contributed by atoms with E-state index in [9.17, 15) is 9.59 Å². The van der Waals surface area contributed by atoms with Gasteiger partial charge in [-0.05, 0) is 41.3 Å². The van der Waals surface area contributed by atoms with Gasteiger partial charge < -0.3 is 14.8 Å². The van der Waals surface area contributed by atoms with Crippen LogP contribution in [-0.2, 0) is 16.1 Å². The Labute approximate surface area is 180 Å². The molecule has 0 radical (unpaired) electrons. The lowest BCUT2D eigenvalue weighted by Crippen LogP contribution is -2.33. The van der Waals surface area contributed by atoms with Crippen LogP contribution in [0.3, 0.4) is 0 Å². The summed E-state index contributed by atoms with van der Waals surface area (Å²) >= 11 is 0. The van der Waals surface area contributed by atoms with Crippen molar-refractivity contribution in [3.63, 3.8) is 0 Å². The number of rotatable bonds is 6. The number of pyridine rings is 1. The van der Waals surface area contributed by atoms with Crippen LogP contribution in [-0.4, -0.2) is 44.3 Å². The molecule has 0 saturated heterocycles. The van der Waals surface area contributed by atoms with Crippen molar-refractivity contribution in [2.75, 3.05) is 18.4 Å². The SMILES string of the molecule is O=C(Cn1ccnc1)Nc1ccc(/C=C/C(=O)N2CC=C(c3ccccc3)CC2)cn1. The first kappa shape index (κ1) is 20.3. The summed E-state index contributed by atoms with van der Waals surface area (Å²) in [7, 11) is 0. The zero-order valence-electron chi connectivity index (χ0n) is 17.0. The summed E-state index contributed by atoms with van der Waals surface area (Å²) in [6.07, 6.45) is 12.8. The van der Waals surface area contributed by atoms with Crippen LogP contribution < -0.4 is 5.32 Å². The van der Waals surface area contributed by atoms with Gasteiger partial charge in [0.2, 0.25) is 11.8 Å². The molecule has 31 heavy (non-hydrogen) atoms. The summed E-state index contributed by atoms with van der Waals surface area (Å²) in [5.41, 5.74) is 3.29. The molecule has 2 aromatic heterocycles. The Morgan fingerprint density at radius 2 is 2.00 bits per heavy atom. The van der Waals surface area contributed by atoms with E-state index >= 15 is 0 Å². The first-order chi connectivity index (χ1) is 15.2. The third-order valence-corrected chi connectivity index (χ3v) is 5.02. The van der Waals surface area contributed by atoms with Crippen molar-refractivity contribution in [2.24, 2.45) is 0 Å². The van der Waals surface area contributed by atoms with Crippen LogP contribution in [0.15, 0.2) is 79.5 Å². The number of carbonyl (C=O) groups excluding carboxylic acids is 2. The molecule has 1 aromatic carbocycles. The molecule has 1 aliphatic heterocycles. The van der Waals surface area contributed by atoms with Crippen molar-refractivity contribution in [3.05, 3.63) is 90.7 Å². The van der Waals surface area contributed by atoms with E-state index in [1.807, 2.05) is 29.2 Å². The van der Waals surface area contributed by atoms with Gasteiger partial charge in [-0.15, -0.1) is 0 Å². The fraction of sp³-hybridized carbons (Fsp3) is 0.167. The summed E-state index contributed by atoms with van der Waals surface area (Å²) < 4.78 is 1.68. The zero-order chi connectivity index (χ0) is 21.5. The molecular weight excluding hydrogens is 390 g/mol. The number of anilines is 1. The Bertz CT molecular complexity index is 1090. The predicted molar refractivity (Wildman–Crippen MR) is 120 cm³/mol. The summed E-state index contributed by atoms with van der Waals surface area (Å²) in [6.45, 7) is 1.48. The molecule has 0 saturated carbocycles. The van der Waals surface area contributed by atoms with Crippen molar-refractivity contribution in [2.45, 2.75) is 13.0 Å². The van der Waals surface area contributed by atoms with E-state index in [0.717, 1.165) is 12.0 Å². The first-order valence-electron chi connectivity index (χ1n) is 10.1. The summed E-state index contributed by atoms with van der Waals surface area (Å²) in [6, 6.07) is 13.8. The number of amides is 2. The van der Waals surface area contributed by atoms with Crippen LogP contribution in [0.5, 0.6) is 0 Å². The molecule has 156 valence electrons. The van der Waals surface area contributed by atoms with Crippen molar-refractivity contribution in [1.82, 2.24) is 19.4 Å². The monoisotopic (exact) mass is 413 g/mol. The van der Waals surface area contributed by atoms with Crippen LogP contribution in [0, 0.1) is 0 Å². The molecule has 0 spiro atoms. The fourth-order valence-electron chi connectivity index (χ4n) is 3.36. The lowest BCUT2D eigenvalue weighted by Gasteiger charge is -2.25. The number of aromatic nitrogens is 3. The highest BCUT2D eigenvalue weighted by molar-refractivity contribution is 5.92. The highest BCUT2D eigenvalue weighted by atomic mass is 16.2. The lowest BCUT2D eigenvalue weighted by molar-refractivity contribution is -0.125. The van der Waals surface area contributed by atoms with Gasteiger partial charge in [-0.2, -0.15) is 0 Å². The Kier molecular flexibility index (Phi) is 6.32. The third kappa shape index (κ3) is 5.54. The molecule has 0 fully saturated rings. The number of nitrogens with zero attached hydrogens (tertiary/aromatic N) is 4. The molecule has 7 nitrogen and oxygen atoms in total. The summed E-state index contributed by atoms with van der Waals surface area (Å²) in [5.74, 6) is 0.251. The van der Waals surface area contributed by atoms with Gasteiger partial charge in [-0.3, -0.25) is 9.59 Å². The number of imidazole rings is 1. The zero-order valence-corrected chi connectivity index (χ0v) is 17.0. The highest BCUT2D eigenvalue weighted by Crippen LogP contribution is 2.22. The van der Waals surface area contributed by atoms with Crippen molar-refractivity contribution in [1.29, 1.82) is 0 Å². The smallest absolute Gasteiger partial charge is 0.246 e. The van der Waals surface area contributed by atoms with Gasteiger partial charge in [0.25, 0.3) is 0 Å². The van der Waals surface area contributed by atoms with E-state index < -0.39 is 0 Å². The standard InChI is InChI=1S/C24H23N5O2/c30-23(17-28-15-12-25-18-28)27-22-8-6-19(16-26-22)7-9-24(31)29-13-10-21(11-14-29)20-4-2-1-3-5-20/h1-10,12,15-16,18H,11,13-14,17H2,(H,26,27,30)/b9-7+. The minimum Gasteiger partial charge on any atom is -0.335 e. The minimum absolute atomic E-state index is 0.0268. The number of hydrogen-bond donors (Lipinski definition) is 1. The number of carbonyl (C=O) groups is 2. The lowest BCUT2D eigenvalue weighted by atomic mass is 9.99. The number of benzene rings is 1. The molecule has 1 N–H and O–H groups in total. The second-order valence-electron chi connectivity index (χ2n) is 7.22. The van der Waals surface area contributed by atoms with Crippen LogP contribution in [0.1, 0.15) is 17.5 Å². The normalized spacial score (nSPS) is 13.8. The largest absolute Gasteiger partial charge is 0.335 e. The molecule has 3 heterocycles. The van der Waals surface area contributed by atoms with Gasteiger partial charge in [-0.25, -0.2) is 9.97 Å². The maximum absolute atomic E-state index is 12.5. The summed E-state index contributed by atoms with van der Waals surface area (Å²) in [5, 5.41) is 2.74. The van der Waals surface area contributed by atoms with Crippen molar-refractivity contribution >= 4 is 29.3 Å². The molecule has 0 bridgehead atoms. The molecule has 0 atom stereocenters. The molecule has 0 unspecified atom stereocenters. The molecule has 3 aromatic rings. The average Bonchev–Trinajstić information content (AvgIpc) is 3.32. The van der Waals surface area contributed by atoms with E-state index in [4.69, 9.17) is 0 Å². The number of nitrogens with one attached hydrogen (secondary N) is 1. The molecular formula is C24H23N5O2. The van der Waals surface area contributed by atoms with Gasteiger partial charge in [0.15, 0.2) is 0 Å². The molecule has 4 rings (SSSR count). The fourth-order valence-corrected chi connectivity index (χ4v) is 3.36. The number of hydrogen-bond acceptors (Lipinski definition) is 4. The van der Waals surface area contributed by atoms with E-state index in [1.54, 1.807) is 47.7 Å². The Morgan fingerprint density at radius 1 is 1.13 bits per heavy atom. The van der Waals surface area contributed by atoms with Crippen LogP contribution in [0.25, 0.3) is 11.6 Å². The van der Waals surface area contributed by atoms with Crippen LogP contribution in [0.2, 0.25) is 0 Å². The third-order valence-electron chi connectivity index (χ3n) is 5.02. The topological polar surface area (TPSA) is 80.1 Å². The van der Waals surface area contributed by atoms with Crippen LogP contribution in [0.4, 0.5) is 5.82 Å². The molecule has 2 amide bonds. The maximum atomic E-state index is 12.5. The Balaban J connectivity index is 1.29. The highest BCUT2D eigenvalue weighted by Gasteiger charge is 2.15. The van der Waals surface area contributed by atoms with E-state index in [1.165, 1.54) is 11.1 Å². The quantitative estimate of drug-likeness (QED) is 0.629. The molecule has 1 aliphatic rings. The van der Waals surface area contributed by atoms with Crippen molar-refractivity contribution < 1.29 is 9.59 Å². The van der Waals surface area contributed by atoms with Gasteiger partial charge in [0.05, 0.1) is 6.33 Å². The predicted octanol–water partition coefficient (Wildman–Crippen LogP) is 3.25. The van der Waals surface area contributed by atoms with Crippen LogP contribution >= 0.6 is 0 Å². The minimum atomic E-state index is -0.183. The van der Waals surface area contributed by atoms with E-state index in [2.05, 4.69) is 33.5 Å². The van der Waals surface area contributed by atoms with E-state index in [-0.39, 0.29) is 18.4 Å². The average molecular weight is 413 g/mol. The van der Waals surface area contributed by atoms with Gasteiger partial charge >= 0.3 is 0 Å². The second-order valence-corrected chi connectivity index (χ2v) is 7.22. The summed E-state index contributed by atoms with van der Waals surface area (Å²) in [4.78, 5) is 34.5. The second kappa shape index (κ2) is 9.67. The van der Waals surface area contributed by atoms with Crippen molar-refractivity contribution in [3.8, 4) is 0 Å². The van der Waals surface area contributed by atoms with Gasteiger partial charge in [-0.1, -0.05) is 36.4 Å². The Hall–Kier alpha value is -4.00. The Morgan fingerprint density at radius 3 is 2.68 bits per heavy atom. The van der Waals surface area contributed by atoms with Gasteiger partial charge in [0, 0.05) is 37.8 Å².